The van der Waals surface area contributed by atoms with Crippen molar-refractivity contribution in [3.05, 3.63) is 11.8 Å². The van der Waals surface area contributed by atoms with Gasteiger partial charge in [-0.15, -0.1) is 0 Å². The van der Waals surface area contributed by atoms with E-state index >= 15 is 0 Å². The lowest BCUT2D eigenvalue weighted by atomic mass is 9.92. The van der Waals surface area contributed by atoms with Gasteiger partial charge in [-0.2, -0.15) is 5.10 Å². The SMILES string of the molecule is CC(C)N(CC(=O)Nc1cc(C(C)(C)C)nn1C(C)(C)C)C(=O)NC1CCCCC1. The van der Waals surface area contributed by atoms with Gasteiger partial charge in [0.2, 0.25) is 5.91 Å². The van der Waals surface area contributed by atoms with Crippen LogP contribution < -0.4 is 10.6 Å². The molecule has 1 fully saturated rings. The summed E-state index contributed by atoms with van der Waals surface area (Å²) in [7, 11) is 0. The predicted molar refractivity (Wildman–Crippen MR) is 122 cm³/mol. The van der Waals surface area contributed by atoms with E-state index in [-0.39, 0.29) is 41.5 Å². The molecule has 1 aliphatic carbocycles. The Morgan fingerprint density at radius 3 is 2.23 bits per heavy atom. The summed E-state index contributed by atoms with van der Waals surface area (Å²) in [5.41, 5.74) is 0.519. The first-order valence-electron chi connectivity index (χ1n) is 11.3. The van der Waals surface area contributed by atoms with Crippen molar-refractivity contribution in [3.8, 4) is 0 Å². The highest BCUT2D eigenvalue weighted by Crippen LogP contribution is 2.28. The molecule has 1 aromatic heterocycles. The number of nitrogens with zero attached hydrogens (tertiary/aromatic N) is 3. The third kappa shape index (κ3) is 6.47. The molecule has 7 heteroatoms. The molecule has 170 valence electrons. The molecular formula is C23H41N5O2. The smallest absolute Gasteiger partial charge is 0.318 e. The van der Waals surface area contributed by atoms with Crippen molar-refractivity contribution >= 4 is 17.8 Å². The zero-order valence-electron chi connectivity index (χ0n) is 20.1. The van der Waals surface area contributed by atoms with Crippen LogP contribution in [0.3, 0.4) is 0 Å². The largest absolute Gasteiger partial charge is 0.335 e. The Bertz CT molecular complexity index is 734. The molecular weight excluding hydrogens is 378 g/mol. The van der Waals surface area contributed by atoms with Crippen LogP contribution in [0.15, 0.2) is 6.07 Å². The van der Waals surface area contributed by atoms with Gasteiger partial charge in [0.05, 0.1) is 11.2 Å². The van der Waals surface area contributed by atoms with E-state index in [0.29, 0.717) is 5.82 Å². The van der Waals surface area contributed by atoms with Crippen molar-refractivity contribution < 1.29 is 9.59 Å². The number of urea groups is 1. The van der Waals surface area contributed by atoms with Gasteiger partial charge in [-0.1, -0.05) is 40.0 Å². The standard InChI is InChI=1S/C23H41N5O2/c1-16(2)27(21(30)24-17-12-10-9-11-13-17)15-20(29)25-19-14-18(22(3,4)5)26-28(19)23(6,7)8/h14,16-17H,9-13,15H2,1-8H3,(H,24,30)(H,25,29). The molecule has 0 bridgehead atoms. The molecule has 2 rings (SSSR count). The molecule has 0 spiro atoms. The van der Waals surface area contributed by atoms with Gasteiger partial charge in [0, 0.05) is 23.6 Å². The normalized spacial score (nSPS) is 15.9. The van der Waals surface area contributed by atoms with Gasteiger partial charge >= 0.3 is 6.03 Å². The number of anilines is 1. The molecule has 2 N–H and O–H groups in total. The average Bonchev–Trinajstić information content (AvgIpc) is 3.04. The maximum atomic E-state index is 12.9. The van der Waals surface area contributed by atoms with Crippen molar-refractivity contribution in [2.24, 2.45) is 0 Å². The highest BCUT2D eigenvalue weighted by atomic mass is 16.2. The molecule has 0 saturated heterocycles. The number of nitrogens with one attached hydrogen (secondary N) is 2. The number of carbonyl (C=O) groups is 2. The summed E-state index contributed by atoms with van der Waals surface area (Å²) in [6, 6.07) is 1.92. The number of hydrogen-bond acceptors (Lipinski definition) is 3. The lowest BCUT2D eigenvalue weighted by molar-refractivity contribution is -0.117. The summed E-state index contributed by atoms with van der Waals surface area (Å²) in [6.45, 7) is 16.4. The Morgan fingerprint density at radius 1 is 1.13 bits per heavy atom. The maximum Gasteiger partial charge on any atom is 0.318 e. The number of rotatable bonds is 5. The van der Waals surface area contributed by atoms with Crippen molar-refractivity contribution in [1.82, 2.24) is 20.0 Å². The van der Waals surface area contributed by atoms with Crippen LogP contribution in [0, 0.1) is 0 Å². The van der Waals surface area contributed by atoms with Crippen LogP contribution in [0.4, 0.5) is 10.6 Å². The Labute approximate surface area is 182 Å². The highest BCUT2D eigenvalue weighted by Gasteiger charge is 2.28. The Hall–Kier alpha value is -2.05. The molecule has 1 heterocycles. The predicted octanol–water partition coefficient (Wildman–Crippen LogP) is 4.63. The molecule has 30 heavy (non-hydrogen) atoms. The van der Waals surface area contributed by atoms with Crippen molar-refractivity contribution in [2.75, 3.05) is 11.9 Å². The van der Waals surface area contributed by atoms with Gasteiger partial charge in [-0.3, -0.25) is 4.79 Å². The maximum absolute atomic E-state index is 12.9. The zero-order chi connectivity index (χ0) is 22.7. The zero-order valence-corrected chi connectivity index (χ0v) is 20.1. The van der Waals surface area contributed by atoms with Crippen LogP contribution in [-0.4, -0.2) is 45.2 Å². The minimum atomic E-state index is -0.276. The van der Waals surface area contributed by atoms with Gasteiger partial charge in [0.25, 0.3) is 0 Å². The Kier molecular flexibility index (Phi) is 7.59. The van der Waals surface area contributed by atoms with E-state index < -0.39 is 0 Å². The summed E-state index contributed by atoms with van der Waals surface area (Å²) < 4.78 is 1.85. The van der Waals surface area contributed by atoms with E-state index in [2.05, 4.69) is 52.2 Å². The second kappa shape index (κ2) is 9.40. The number of carbonyl (C=O) groups excluding carboxylic acids is 2. The number of aromatic nitrogens is 2. The van der Waals surface area contributed by atoms with Gasteiger partial charge in [0.1, 0.15) is 12.4 Å². The van der Waals surface area contributed by atoms with Crippen molar-refractivity contribution in [1.29, 1.82) is 0 Å². The summed E-state index contributed by atoms with van der Waals surface area (Å²) >= 11 is 0. The first-order valence-corrected chi connectivity index (χ1v) is 11.3. The number of hydrogen-bond donors (Lipinski definition) is 2. The van der Waals surface area contributed by atoms with Crippen molar-refractivity contribution in [2.45, 2.75) is 111 Å². The van der Waals surface area contributed by atoms with Crippen LogP contribution in [0.25, 0.3) is 0 Å². The fourth-order valence-corrected chi connectivity index (χ4v) is 3.68. The van der Waals surface area contributed by atoms with E-state index in [0.717, 1.165) is 31.4 Å². The van der Waals surface area contributed by atoms with Crippen LogP contribution in [0.2, 0.25) is 0 Å². The molecule has 0 unspecified atom stereocenters. The third-order valence-corrected chi connectivity index (χ3v) is 5.51. The lowest BCUT2D eigenvalue weighted by Crippen LogP contribution is -2.50. The van der Waals surface area contributed by atoms with Gasteiger partial charge in [-0.25, -0.2) is 9.48 Å². The second-order valence-electron chi connectivity index (χ2n) is 10.8. The minimum Gasteiger partial charge on any atom is -0.335 e. The van der Waals surface area contributed by atoms with E-state index in [1.807, 2.05) is 24.6 Å². The lowest BCUT2D eigenvalue weighted by Gasteiger charge is -2.30. The number of amides is 3. The Morgan fingerprint density at radius 2 is 1.73 bits per heavy atom. The molecule has 1 saturated carbocycles. The topological polar surface area (TPSA) is 79.3 Å². The summed E-state index contributed by atoms with van der Waals surface area (Å²) in [6.07, 6.45) is 5.58. The molecule has 0 atom stereocenters. The quantitative estimate of drug-likeness (QED) is 0.730. The van der Waals surface area contributed by atoms with Gasteiger partial charge < -0.3 is 15.5 Å². The van der Waals surface area contributed by atoms with Crippen LogP contribution in [-0.2, 0) is 15.7 Å². The summed E-state index contributed by atoms with van der Waals surface area (Å²) in [4.78, 5) is 27.3. The van der Waals surface area contributed by atoms with Crippen molar-refractivity contribution in [3.63, 3.8) is 0 Å². The van der Waals surface area contributed by atoms with Gasteiger partial charge in [0.15, 0.2) is 0 Å². The van der Waals surface area contributed by atoms with Crippen LogP contribution >= 0.6 is 0 Å². The van der Waals surface area contributed by atoms with Gasteiger partial charge in [-0.05, 0) is 47.5 Å². The fourth-order valence-electron chi connectivity index (χ4n) is 3.68. The molecule has 1 aliphatic rings. The highest BCUT2D eigenvalue weighted by molar-refractivity contribution is 5.94. The molecule has 0 aliphatic heterocycles. The van der Waals surface area contributed by atoms with Crippen LogP contribution in [0.5, 0.6) is 0 Å². The van der Waals surface area contributed by atoms with E-state index in [1.54, 1.807) is 4.90 Å². The first kappa shape index (κ1) is 24.2. The van der Waals surface area contributed by atoms with E-state index in [4.69, 9.17) is 5.10 Å². The average molecular weight is 420 g/mol. The molecule has 0 radical (unpaired) electrons. The third-order valence-electron chi connectivity index (χ3n) is 5.51. The molecule has 0 aromatic carbocycles. The van der Waals surface area contributed by atoms with Crippen LogP contribution in [0.1, 0.15) is 93.2 Å². The second-order valence-corrected chi connectivity index (χ2v) is 10.8. The minimum absolute atomic E-state index is 0.0103. The monoisotopic (exact) mass is 419 g/mol. The molecule has 7 nitrogen and oxygen atoms in total. The van der Waals surface area contributed by atoms with E-state index in [9.17, 15) is 9.59 Å². The Balaban J connectivity index is 2.11. The fraction of sp³-hybridized carbons (Fsp3) is 0.783. The summed E-state index contributed by atoms with van der Waals surface area (Å²) in [5, 5.41) is 10.9. The summed E-state index contributed by atoms with van der Waals surface area (Å²) in [5.74, 6) is 0.446. The first-order chi connectivity index (χ1) is 13.8. The molecule has 1 aromatic rings. The molecule has 3 amide bonds. The van der Waals surface area contributed by atoms with E-state index in [1.165, 1.54) is 6.42 Å².